The average molecular weight is 288 g/mol. The van der Waals surface area contributed by atoms with Gasteiger partial charge in [-0.2, -0.15) is 4.98 Å². The fraction of sp³-hybridized carbons (Fsp3) is 0.357. The van der Waals surface area contributed by atoms with Crippen LogP contribution in [0.3, 0.4) is 0 Å². The summed E-state index contributed by atoms with van der Waals surface area (Å²) < 4.78 is 10.9. The van der Waals surface area contributed by atoms with Gasteiger partial charge in [-0.1, -0.05) is 23.4 Å². The number of aromatic nitrogens is 2. The number of fused-ring (bicyclic) bond motifs is 1. The first-order chi connectivity index (χ1) is 10.2. The van der Waals surface area contributed by atoms with Crippen LogP contribution in [0.15, 0.2) is 28.8 Å². The zero-order valence-electron chi connectivity index (χ0n) is 11.4. The molecule has 0 radical (unpaired) electrons. The molecule has 3 N–H and O–H groups in total. The summed E-state index contributed by atoms with van der Waals surface area (Å²) in [5.41, 5.74) is 6.18. The first-order valence-electron chi connectivity index (χ1n) is 6.74. The quantitative estimate of drug-likeness (QED) is 0.823. The van der Waals surface area contributed by atoms with Crippen LogP contribution in [0, 0.1) is 0 Å². The minimum Gasteiger partial charge on any atom is -0.493 e. The minimum atomic E-state index is -0.424. The molecular weight excluding hydrogens is 272 g/mol. The molecule has 21 heavy (non-hydrogen) atoms. The van der Waals surface area contributed by atoms with Crippen molar-refractivity contribution in [3.05, 3.63) is 41.5 Å². The molecule has 0 saturated carbocycles. The molecule has 0 spiro atoms. The Balaban J connectivity index is 1.63. The number of ether oxygens (including phenoxy) is 1. The lowest BCUT2D eigenvalue weighted by molar-refractivity contribution is -0.117. The molecule has 1 amide bonds. The molecule has 7 heteroatoms. The van der Waals surface area contributed by atoms with E-state index in [0.717, 1.165) is 17.7 Å². The molecular formula is C14H16N4O3. The monoisotopic (exact) mass is 288 g/mol. The number of rotatable bonds is 5. The molecule has 1 aliphatic rings. The molecule has 1 aromatic heterocycles. The molecule has 1 atom stereocenters. The van der Waals surface area contributed by atoms with E-state index in [1.165, 1.54) is 0 Å². The molecule has 0 bridgehead atoms. The number of para-hydroxylation sites is 1. The van der Waals surface area contributed by atoms with Crippen molar-refractivity contribution in [1.82, 2.24) is 15.5 Å². The van der Waals surface area contributed by atoms with Crippen molar-refractivity contribution in [1.29, 1.82) is 0 Å². The predicted octanol–water partition coefficient (Wildman–Crippen LogP) is 0.363. The Morgan fingerprint density at radius 1 is 1.43 bits per heavy atom. The molecule has 0 saturated heterocycles. The fourth-order valence-electron chi connectivity index (χ4n) is 2.29. The van der Waals surface area contributed by atoms with Gasteiger partial charge in [-0.25, -0.2) is 0 Å². The zero-order chi connectivity index (χ0) is 14.7. The Hall–Kier alpha value is -2.41. The highest BCUT2D eigenvalue weighted by atomic mass is 16.5. The van der Waals surface area contributed by atoms with Crippen molar-refractivity contribution < 1.29 is 14.1 Å². The van der Waals surface area contributed by atoms with E-state index in [0.29, 0.717) is 24.9 Å². The van der Waals surface area contributed by atoms with Gasteiger partial charge in [-0.3, -0.25) is 10.1 Å². The van der Waals surface area contributed by atoms with Gasteiger partial charge in [0.15, 0.2) is 5.82 Å². The van der Waals surface area contributed by atoms with Crippen molar-refractivity contribution in [3.63, 3.8) is 0 Å². The number of carbonyl (C=O) groups is 1. The van der Waals surface area contributed by atoms with Crippen molar-refractivity contribution in [2.75, 3.05) is 13.2 Å². The van der Waals surface area contributed by atoms with E-state index in [1.54, 1.807) is 0 Å². The molecule has 2 heterocycles. The fourth-order valence-corrected chi connectivity index (χ4v) is 2.29. The van der Waals surface area contributed by atoms with Crippen LogP contribution in [0.4, 0.5) is 0 Å². The smallest absolute Gasteiger partial charge is 0.240 e. The van der Waals surface area contributed by atoms with Gasteiger partial charge in [0.25, 0.3) is 0 Å². The molecule has 2 aromatic rings. The third kappa shape index (κ3) is 3.19. The number of benzene rings is 1. The summed E-state index contributed by atoms with van der Waals surface area (Å²) in [4.78, 5) is 15.0. The Bertz CT molecular complexity index is 641. The first kappa shape index (κ1) is 13.6. The van der Waals surface area contributed by atoms with Gasteiger partial charge < -0.3 is 15.0 Å². The van der Waals surface area contributed by atoms with Gasteiger partial charge >= 0.3 is 0 Å². The van der Waals surface area contributed by atoms with Crippen LogP contribution in [0.2, 0.25) is 0 Å². The van der Waals surface area contributed by atoms with E-state index in [-0.39, 0.29) is 12.5 Å². The maximum atomic E-state index is 10.6. The topological polar surface area (TPSA) is 103 Å². The minimum absolute atomic E-state index is 0.0774. The first-order valence-corrected chi connectivity index (χ1v) is 6.74. The van der Waals surface area contributed by atoms with E-state index in [2.05, 4.69) is 15.5 Å². The van der Waals surface area contributed by atoms with Gasteiger partial charge in [0, 0.05) is 0 Å². The van der Waals surface area contributed by atoms with Crippen LogP contribution in [0.25, 0.3) is 0 Å². The van der Waals surface area contributed by atoms with Crippen molar-refractivity contribution in [3.8, 4) is 5.75 Å². The second-order valence-electron chi connectivity index (χ2n) is 4.94. The Morgan fingerprint density at radius 2 is 2.29 bits per heavy atom. The highest BCUT2D eigenvalue weighted by Crippen LogP contribution is 2.30. The number of nitrogens with zero attached hydrogens (tertiary/aromatic N) is 2. The number of nitrogens with two attached hydrogens (primary N) is 1. The van der Waals surface area contributed by atoms with Crippen LogP contribution < -0.4 is 15.8 Å². The number of hydrogen-bond donors (Lipinski definition) is 2. The molecule has 1 aliphatic heterocycles. The number of hydrogen-bond acceptors (Lipinski definition) is 6. The second kappa shape index (κ2) is 5.92. The van der Waals surface area contributed by atoms with Gasteiger partial charge in [0.05, 0.1) is 25.6 Å². The molecule has 0 fully saturated rings. The summed E-state index contributed by atoms with van der Waals surface area (Å²) in [5.74, 6) is 1.63. The molecule has 7 nitrogen and oxygen atoms in total. The second-order valence-corrected chi connectivity index (χ2v) is 4.94. The molecule has 0 aliphatic carbocycles. The van der Waals surface area contributed by atoms with Gasteiger partial charge in [0.2, 0.25) is 11.8 Å². The van der Waals surface area contributed by atoms with E-state index in [9.17, 15) is 4.79 Å². The highest BCUT2D eigenvalue weighted by molar-refractivity contribution is 5.75. The predicted molar refractivity (Wildman–Crippen MR) is 73.6 cm³/mol. The Kier molecular flexibility index (Phi) is 3.83. The number of carbonyl (C=O) groups excluding carboxylic acids is 1. The third-order valence-electron chi connectivity index (χ3n) is 3.30. The number of nitrogens with one attached hydrogen (secondary N) is 1. The normalized spacial score (nSPS) is 17.0. The van der Waals surface area contributed by atoms with Crippen LogP contribution in [0.5, 0.6) is 5.75 Å². The summed E-state index contributed by atoms with van der Waals surface area (Å²) in [6.45, 7) is 0.933. The third-order valence-corrected chi connectivity index (χ3v) is 3.30. The molecule has 1 aromatic carbocycles. The van der Waals surface area contributed by atoms with Gasteiger partial charge in [0.1, 0.15) is 5.75 Å². The average Bonchev–Trinajstić information content (AvgIpc) is 2.95. The number of primary amides is 1. The van der Waals surface area contributed by atoms with Crippen LogP contribution in [0.1, 0.15) is 23.2 Å². The van der Waals surface area contributed by atoms with Gasteiger partial charge in [-0.15, -0.1) is 0 Å². The van der Waals surface area contributed by atoms with Gasteiger partial charge in [-0.05, 0) is 18.1 Å². The summed E-state index contributed by atoms with van der Waals surface area (Å²) in [6.07, 6.45) is 0.823. The molecule has 110 valence electrons. The summed E-state index contributed by atoms with van der Waals surface area (Å²) >= 11 is 0. The Labute approximate surface area is 121 Å². The maximum absolute atomic E-state index is 10.6. The van der Waals surface area contributed by atoms with Crippen molar-refractivity contribution >= 4 is 5.91 Å². The molecule has 1 unspecified atom stereocenters. The largest absolute Gasteiger partial charge is 0.493 e. The standard InChI is InChI=1S/C14H16N4O3/c15-12(19)6-16-7-13-17-14(18-21-13)10-5-9-3-1-2-4-11(9)20-8-10/h1-4,10,16H,5-8H2,(H2,15,19). The lowest BCUT2D eigenvalue weighted by Gasteiger charge is -2.22. The summed E-state index contributed by atoms with van der Waals surface area (Å²) in [7, 11) is 0. The number of amides is 1. The molecule has 3 rings (SSSR count). The maximum Gasteiger partial charge on any atom is 0.240 e. The Morgan fingerprint density at radius 3 is 3.14 bits per heavy atom. The van der Waals surface area contributed by atoms with E-state index in [1.807, 2.05) is 24.3 Å². The highest BCUT2D eigenvalue weighted by Gasteiger charge is 2.25. The van der Waals surface area contributed by atoms with E-state index < -0.39 is 5.91 Å². The van der Waals surface area contributed by atoms with E-state index >= 15 is 0 Å². The van der Waals surface area contributed by atoms with Crippen LogP contribution in [-0.4, -0.2) is 29.2 Å². The summed E-state index contributed by atoms with van der Waals surface area (Å²) in [6, 6.07) is 7.94. The lowest BCUT2D eigenvalue weighted by atomic mass is 9.96. The van der Waals surface area contributed by atoms with Crippen LogP contribution >= 0.6 is 0 Å². The zero-order valence-corrected chi connectivity index (χ0v) is 11.4. The summed E-state index contributed by atoms with van der Waals surface area (Å²) in [5, 5.41) is 6.82. The van der Waals surface area contributed by atoms with E-state index in [4.69, 9.17) is 15.0 Å². The van der Waals surface area contributed by atoms with Crippen molar-refractivity contribution in [2.45, 2.75) is 18.9 Å². The SMILES string of the molecule is NC(=O)CNCc1nc(C2COc3ccccc3C2)no1. The van der Waals surface area contributed by atoms with Crippen LogP contribution in [-0.2, 0) is 17.8 Å². The van der Waals surface area contributed by atoms with Crippen molar-refractivity contribution in [2.24, 2.45) is 5.73 Å². The lowest BCUT2D eigenvalue weighted by Crippen LogP contribution is -2.28.